The van der Waals surface area contributed by atoms with Crippen LogP contribution in [0.2, 0.25) is 0 Å². The third kappa shape index (κ3) is 2.98. The molecule has 0 aliphatic rings. The molecule has 2 heterocycles. The lowest BCUT2D eigenvalue weighted by atomic mass is 10.3. The van der Waals surface area contributed by atoms with Crippen LogP contribution < -0.4 is 5.32 Å². The molecule has 0 radical (unpaired) electrons. The monoisotopic (exact) mass is 218 g/mol. The van der Waals surface area contributed by atoms with Crippen molar-refractivity contribution in [2.45, 2.75) is 19.4 Å². The number of aryl methyl sites for hydroxylation is 1. The lowest BCUT2D eigenvalue weighted by molar-refractivity contribution is -0.116. The maximum absolute atomic E-state index is 11.5. The second-order valence-corrected chi connectivity index (χ2v) is 3.56. The van der Waals surface area contributed by atoms with E-state index in [-0.39, 0.29) is 5.91 Å². The molecular formula is C11H14N4O. The normalized spacial score (nSPS) is 10.2. The summed E-state index contributed by atoms with van der Waals surface area (Å²) in [6, 6.07) is 3.96. The van der Waals surface area contributed by atoms with Crippen molar-refractivity contribution in [3.8, 4) is 0 Å². The van der Waals surface area contributed by atoms with Crippen molar-refractivity contribution in [3.05, 3.63) is 36.9 Å². The lowest BCUT2D eigenvalue weighted by Gasteiger charge is -2.03. The summed E-state index contributed by atoms with van der Waals surface area (Å²) in [6.45, 7) is 0.867. The molecule has 0 aromatic carbocycles. The molecule has 0 aliphatic carbocycles. The predicted octanol–water partition coefficient (Wildman–Crippen LogP) is 1.63. The maximum atomic E-state index is 11.5. The first-order chi connectivity index (χ1) is 7.84. The molecule has 1 amide bonds. The van der Waals surface area contributed by atoms with Crippen LogP contribution >= 0.6 is 0 Å². The molecule has 16 heavy (non-hydrogen) atoms. The van der Waals surface area contributed by atoms with E-state index < -0.39 is 0 Å². The van der Waals surface area contributed by atoms with Gasteiger partial charge in [0.2, 0.25) is 5.91 Å². The Bertz CT molecular complexity index is 419. The molecule has 0 saturated heterocycles. The SMILES string of the molecule is O=C(CCCn1cccc1)Nc1cn[nH]c1. The zero-order valence-corrected chi connectivity index (χ0v) is 8.89. The minimum absolute atomic E-state index is 0.0218. The molecule has 84 valence electrons. The molecule has 0 fully saturated rings. The van der Waals surface area contributed by atoms with Crippen LogP contribution in [0, 0.1) is 0 Å². The first-order valence-electron chi connectivity index (χ1n) is 5.24. The van der Waals surface area contributed by atoms with Gasteiger partial charge in [-0.2, -0.15) is 5.10 Å². The number of nitrogens with one attached hydrogen (secondary N) is 2. The van der Waals surface area contributed by atoms with E-state index in [1.165, 1.54) is 0 Å². The van der Waals surface area contributed by atoms with Crippen molar-refractivity contribution < 1.29 is 4.79 Å². The molecule has 2 aromatic rings. The van der Waals surface area contributed by atoms with Crippen LogP contribution in [-0.4, -0.2) is 20.7 Å². The zero-order valence-electron chi connectivity index (χ0n) is 8.89. The number of carbonyl (C=O) groups excluding carboxylic acids is 1. The van der Waals surface area contributed by atoms with Crippen LogP contribution in [0.25, 0.3) is 0 Å². The average molecular weight is 218 g/mol. The Morgan fingerprint density at radius 1 is 1.44 bits per heavy atom. The standard InChI is InChI=1S/C11H14N4O/c16-11(14-10-8-12-13-9-10)4-3-7-15-5-1-2-6-15/h1-2,5-6,8-9H,3-4,7H2,(H,12,13)(H,14,16). The quantitative estimate of drug-likeness (QED) is 0.801. The lowest BCUT2D eigenvalue weighted by Crippen LogP contribution is -2.11. The van der Waals surface area contributed by atoms with E-state index in [9.17, 15) is 4.79 Å². The number of amides is 1. The van der Waals surface area contributed by atoms with Crippen molar-refractivity contribution in [3.63, 3.8) is 0 Å². The molecule has 5 heteroatoms. The highest BCUT2D eigenvalue weighted by Gasteiger charge is 2.02. The molecule has 2 rings (SSSR count). The number of anilines is 1. The van der Waals surface area contributed by atoms with Gasteiger partial charge in [0, 0.05) is 31.6 Å². The molecule has 0 spiro atoms. The fourth-order valence-corrected chi connectivity index (χ4v) is 1.48. The van der Waals surface area contributed by atoms with Gasteiger partial charge in [-0.05, 0) is 18.6 Å². The third-order valence-electron chi connectivity index (χ3n) is 2.27. The Kier molecular flexibility index (Phi) is 3.38. The van der Waals surface area contributed by atoms with Gasteiger partial charge >= 0.3 is 0 Å². The fourth-order valence-electron chi connectivity index (χ4n) is 1.48. The highest BCUT2D eigenvalue weighted by Crippen LogP contribution is 2.03. The Hall–Kier alpha value is -2.04. The largest absolute Gasteiger partial charge is 0.354 e. The molecule has 0 unspecified atom stereocenters. The Labute approximate surface area is 93.5 Å². The third-order valence-corrected chi connectivity index (χ3v) is 2.27. The van der Waals surface area contributed by atoms with Gasteiger partial charge in [0.25, 0.3) is 0 Å². The Morgan fingerprint density at radius 3 is 2.94 bits per heavy atom. The number of carbonyl (C=O) groups is 1. The summed E-state index contributed by atoms with van der Waals surface area (Å²) in [5.41, 5.74) is 0.714. The average Bonchev–Trinajstić information content (AvgIpc) is 2.90. The summed E-state index contributed by atoms with van der Waals surface area (Å²) in [6.07, 6.45) is 8.58. The number of hydrogen-bond acceptors (Lipinski definition) is 2. The summed E-state index contributed by atoms with van der Waals surface area (Å²) in [5.74, 6) is 0.0218. The summed E-state index contributed by atoms with van der Waals surface area (Å²) in [5, 5.41) is 9.16. The summed E-state index contributed by atoms with van der Waals surface area (Å²) >= 11 is 0. The van der Waals surface area contributed by atoms with Crippen LogP contribution in [0.5, 0.6) is 0 Å². The van der Waals surface area contributed by atoms with Crippen LogP contribution in [0.1, 0.15) is 12.8 Å². The van der Waals surface area contributed by atoms with E-state index in [1.807, 2.05) is 24.5 Å². The highest BCUT2D eigenvalue weighted by atomic mass is 16.1. The molecule has 0 bridgehead atoms. The minimum atomic E-state index is 0.0218. The van der Waals surface area contributed by atoms with Crippen molar-refractivity contribution in [1.82, 2.24) is 14.8 Å². The van der Waals surface area contributed by atoms with Crippen molar-refractivity contribution in [1.29, 1.82) is 0 Å². The number of H-pyrrole nitrogens is 1. The molecule has 2 N–H and O–H groups in total. The number of aromatic nitrogens is 3. The minimum Gasteiger partial charge on any atom is -0.354 e. The number of hydrogen-bond donors (Lipinski definition) is 2. The highest BCUT2D eigenvalue weighted by molar-refractivity contribution is 5.90. The summed E-state index contributed by atoms with van der Waals surface area (Å²) in [4.78, 5) is 11.5. The molecular weight excluding hydrogens is 204 g/mol. The first kappa shape index (κ1) is 10.5. The van der Waals surface area contributed by atoms with Gasteiger partial charge < -0.3 is 9.88 Å². The van der Waals surface area contributed by atoms with E-state index in [4.69, 9.17) is 0 Å². The topological polar surface area (TPSA) is 62.7 Å². The zero-order chi connectivity index (χ0) is 11.2. The predicted molar refractivity (Wildman–Crippen MR) is 60.9 cm³/mol. The van der Waals surface area contributed by atoms with Gasteiger partial charge in [-0.15, -0.1) is 0 Å². The second kappa shape index (κ2) is 5.16. The maximum Gasteiger partial charge on any atom is 0.224 e. The van der Waals surface area contributed by atoms with Gasteiger partial charge in [-0.25, -0.2) is 0 Å². The van der Waals surface area contributed by atoms with Gasteiger partial charge in [-0.1, -0.05) is 0 Å². The van der Waals surface area contributed by atoms with E-state index >= 15 is 0 Å². The van der Waals surface area contributed by atoms with Gasteiger partial charge in [0.15, 0.2) is 0 Å². The van der Waals surface area contributed by atoms with Gasteiger partial charge in [-0.3, -0.25) is 9.89 Å². The van der Waals surface area contributed by atoms with Crippen molar-refractivity contribution in [2.75, 3.05) is 5.32 Å². The van der Waals surface area contributed by atoms with E-state index in [2.05, 4.69) is 20.1 Å². The van der Waals surface area contributed by atoms with Crippen LogP contribution in [-0.2, 0) is 11.3 Å². The van der Waals surface area contributed by atoms with E-state index in [0.717, 1.165) is 13.0 Å². The summed E-state index contributed by atoms with van der Waals surface area (Å²) < 4.78 is 2.06. The number of nitrogens with zero attached hydrogens (tertiary/aromatic N) is 2. The van der Waals surface area contributed by atoms with E-state index in [1.54, 1.807) is 12.4 Å². The molecule has 5 nitrogen and oxygen atoms in total. The van der Waals surface area contributed by atoms with Crippen molar-refractivity contribution in [2.24, 2.45) is 0 Å². The van der Waals surface area contributed by atoms with Gasteiger partial charge in [0.1, 0.15) is 0 Å². The molecule has 0 aliphatic heterocycles. The number of aromatic amines is 1. The van der Waals surface area contributed by atoms with Crippen LogP contribution in [0.15, 0.2) is 36.9 Å². The molecule has 2 aromatic heterocycles. The summed E-state index contributed by atoms with van der Waals surface area (Å²) in [7, 11) is 0. The van der Waals surface area contributed by atoms with Crippen molar-refractivity contribution >= 4 is 11.6 Å². The fraction of sp³-hybridized carbons (Fsp3) is 0.273. The molecule has 0 atom stereocenters. The Morgan fingerprint density at radius 2 is 2.25 bits per heavy atom. The number of rotatable bonds is 5. The first-order valence-corrected chi connectivity index (χ1v) is 5.24. The Balaban J connectivity index is 1.68. The smallest absolute Gasteiger partial charge is 0.224 e. The van der Waals surface area contributed by atoms with Gasteiger partial charge in [0.05, 0.1) is 11.9 Å². The van der Waals surface area contributed by atoms with Crippen LogP contribution in [0.3, 0.4) is 0 Å². The van der Waals surface area contributed by atoms with E-state index in [0.29, 0.717) is 12.1 Å². The van der Waals surface area contributed by atoms with Crippen LogP contribution in [0.4, 0.5) is 5.69 Å². The molecule has 0 saturated carbocycles. The second-order valence-electron chi connectivity index (χ2n) is 3.56.